The topological polar surface area (TPSA) is 12.0 Å². The van der Waals surface area contributed by atoms with E-state index in [0.717, 1.165) is 0 Å². The van der Waals surface area contributed by atoms with Crippen molar-refractivity contribution in [3.8, 4) is 0 Å². The lowest BCUT2D eigenvalue weighted by Gasteiger charge is -2.28. The van der Waals surface area contributed by atoms with E-state index in [1.54, 1.807) is 0 Å². The maximum absolute atomic E-state index is 11.8. The highest BCUT2D eigenvalue weighted by atomic mass is 35.5. The van der Waals surface area contributed by atoms with Gasteiger partial charge in [0.1, 0.15) is 6.17 Å². The molecule has 0 aromatic carbocycles. The van der Waals surface area contributed by atoms with Crippen LogP contribution in [0.5, 0.6) is 0 Å². The minimum absolute atomic E-state index is 0. The summed E-state index contributed by atoms with van der Waals surface area (Å²) in [6.45, 7) is 2.40. The molecular weight excluding hydrogens is 117 g/mol. The van der Waals surface area contributed by atoms with Gasteiger partial charge in [0.2, 0.25) is 0 Å². The zero-order chi connectivity index (χ0) is 4.57. The Balaban J connectivity index is 0.000000360. The maximum atomic E-state index is 11.8. The normalized spacial score (nSPS) is 38.6. The first-order valence-electron chi connectivity index (χ1n) is 2.18. The third kappa shape index (κ3) is 1.28. The lowest BCUT2D eigenvalue weighted by atomic mass is 10.1. The van der Waals surface area contributed by atoms with Crippen molar-refractivity contribution in [2.75, 3.05) is 6.54 Å². The number of halogens is 2. The minimum Gasteiger partial charge on any atom is -0.308 e. The van der Waals surface area contributed by atoms with Crippen LogP contribution in [0.4, 0.5) is 4.39 Å². The molecule has 7 heavy (non-hydrogen) atoms. The lowest BCUT2D eigenvalue weighted by molar-refractivity contribution is 0.171. The highest BCUT2D eigenvalue weighted by Crippen LogP contribution is 2.05. The van der Waals surface area contributed by atoms with Crippen molar-refractivity contribution >= 4 is 12.4 Å². The first kappa shape index (κ1) is 7.18. The molecular formula is C4H9ClFN. The van der Waals surface area contributed by atoms with Gasteiger partial charge < -0.3 is 5.32 Å². The van der Waals surface area contributed by atoms with E-state index in [1.165, 1.54) is 0 Å². The van der Waals surface area contributed by atoms with Gasteiger partial charge in [-0.2, -0.15) is 0 Å². The molecule has 44 valence electrons. The summed E-state index contributed by atoms with van der Waals surface area (Å²) in [6, 6.07) is 0.116. The molecule has 1 N–H and O–H groups in total. The fourth-order valence-electron chi connectivity index (χ4n) is 0.443. The Hall–Kier alpha value is 0.180. The van der Waals surface area contributed by atoms with E-state index < -0.39 is 6.17 Å². The molecule has 0 spiro atoms. The van der Waals surface area contributed by atoms with Crippen molar-refractivity contribution in [1.29, 1.82) is 0 Å². The van der Waals surface area contributed by atoms with Gasteiger partial charge in [0.05, 0.1) is 0 Å². The number of hydrogen-bond donors (Lipinski definition) is 1. The van der Waals surface area contributed by atoms with Crippen LogP contribution in [0.1, 0.15) is 6.92 Å². The van der Waals surface area contributed by atoms with Gasteiger partial charge in [-0.05, 0) is 6.92 Å². The largest absolute Gasteiger partial charge is 0.308 e. The molecule has 0 bridgehead atoms. The Morgan fingerprint density at radius 1 is 1.71 bits per heavy atom. The molecule has 3 heteroatoms. The molecule has 0 saturated carbocycles. The van der Waals surface area contributed by atoms with Crippen LogP contribution in [0.3, 0.4) is 0 Å². The van der Waals surface area contributed by atoms with Gasteiger partial charge in [0.25, 0.3) is 0 Å². The smallest absolute Gasteiger partial charge is 0.127 e. The summed E-state index contributed by atoms with van der Waals surface area (Å²) in [4.78, 5) is 0. The van der Waals surface area contributed by atoms with E-state index in [4.69, 9.17) is 0 Å². The van der Waals surface area contributed by atoms with Crippen LogP contribution < -0.4 is 5.32 Å². The summed E-state index contributed by atoms with van der Waals surface area (Å²) in [7, 11) is 0. The quantitative estimate of drug-likeness (QED) is 0.504. The molecule has 1 heterocycles. The molecule has 1 rings (SSSR count). The zero-order valence-electron chi connectivity index (χ0n) is 4.15. The molecule has 1 aliphatic rings. The van der Waals surface area contributed by atoms with Crippen molar-refractivity contribution in [2.45, 2.75) is 19.1 Å². The molecule has 1 saturated heterocycles. The molecule has 2 atom stereocenters. The summed E-state index contributed by atoms with van der Waals surface area (Å²) >= 11 is 0. The van der Waals surface area contributed by atoms with E-state index in [1.807, 2.05) is 6.92 Å². The van der Waals surface area contributed by atoms with Crippen LogP contribution in [-0.2, 0) is 0 Å². The highest BCUT2D eigenvalue weighted by molar-refractivity contribution is 5.85. The highest BCUT2D eigenvalue weighted by Gasteiger charge is 2.24. The predicted molar refractivity (Wildman–Crippen MR) is 29.6 cm³/mol. The maximum Gasteiger partial charge on any atom is 0.127 e. The SMILES string of the molecule is C[C@@H]1NC[C@@H]1F.Cl. The van der Waals surface area contributed by atoms with E-state index in [2.05, 4.69) is 5.32 Å². The molecule has 0 aliphatic carbocycles. The van der Waals surface area contributed by atoms with Gasteiger partial charge in [-0.1, -0.05) is 0 Å². The Bertz CT molecular complexity index is 51.7. The third-order valence-corrected chi connectivity index (χ3v) is 1.18. The van der Waals surface area contributed by atoms with E-state index >= 15 is 0 Å². The molecule has 0 amide bonds. The third-order valence-electron chi connectivity index (χ3n) is 1.18. The second-order valence-electron chi connectivity index (χ2n) is 1.71. The molecule has 0 aromatic heterocycles. The van der Waals surface area contributed by atoms with E-state index in [-0.39, 0.29) is 18.4 Å². The number of rotatable bonds is 0. The summed E-state index contributed by atoms with van der Waals surface area (Å²) < 4.78 is 11.8. The Labute approximate surface area is 48.7 Å². The average molecular weight is 126 g/mol. The van der Waals surface area contributed by atoms with E-state index in [9.17, 15) is 4.39 Å². The molecule has 1 nitrogen and oxygen atoms in total. The molecule has 1 aliphatic heterocycles. The fourth-order valence-corrected chi connectivity index (χ4v) is 0.443. The summed E-state index contributed by atoms with van der Waals surface area (Å²) in [5.74, 6) is 0. The fraction of sp³-hybridized carbons (Fsp3) is 1.00. The summed E-state index contributed by atoms with van der Waals surface area (Å²) in [5.41, 5.74) is 0. The lowest BCUT2D eigenvalue weighted by Crippen LogP contribution is -2.52. The van der Waals surface area contributed by atoms with Crippen LogP contribution in [0.2, 0.25) is 0 Å². The second-order valence-corrected chi connectivity index (χ2v) is 1.71. The Morgan fingerprint density at radius 3 is 2.14 bits per heavy atom. The van der Waals surface area contributed by atoms with Crippen molar-refractivity contribution in [3.05, 3.63) is 0 Å². The van der Waals surface area contributed by atoms with E-state index in [0.29, 0.717) is 6.54 Å². The zero-order valence-corrected chi connectivity index (χ0v) is 4.96. The summed E-state index contributed by atoms with van der Waals surface area (Å²) in [5, 5.41) is 2.88. The van der Waals surface area contributed by atoms with Gasteiger partial charge in [0.15, 0.2) is 0 Å². The van der Waals surface area contributed by atoms with Crippen molar-refractivity contribution in [1.82, 2.24) is 5.32 Å². The molecule has 0 radical (unpaired) electrons. The monoisotopic (exact) mass is 125 g/mol. The van der Waals surface area contributed by atoms with Crippen LogP contribution in [-0.4, -0.2) is 18.8 Å². The van der Waals surface area contributed by atoms with Gasteiger partial charge >= 0.3 is 0 Å². The molecule has 0 unspecified atom stereocenters. The van der Waals surface area contributed by atoms with Gasteiger partial charge in [-0.15, -0.1) is 12.4 Å². The average Bonchev–Trinajstić information content (AvgIpc) is 1.61. The van der Waals surface area contributed by atoms with Crippen LogP contribution >= 0.6 is 12.4 Å². The van der Waals surface area contributed by atoms with Crippen molar-refractivity contribution in [3.63, 3.8) is 0 Å². The van der Waals surface area contributed by atoms with Crippen LogP contribution in [0.25, 0.3) is 0 Å². The number of hydrogen-bond acceptors (Lipinski definition) is 1. The van der Waals surface area contributed by atoms with Crippen molar-refractivity contribution in [2.24, 2.45) is 0 Å². The van der Waals surface area contributed by atoms with Crippen LogP contribution in [0.15, 0.2) is 0 Å². The van der Waals surface area contributed by atoms with Gasteiger partial charge in [-0.25, -0.2) is 4.39 Å². The number of alkyl halides is 1. The molecule has 0 aromatic rings. The minimum atomic E-state index is -0.579. The van der Waals surface area contributed by atoms with Gasteiger partial charge in [-0.3, -0.25) is 0 Å². The van der Waals surface area contributed by atoms with Crippen LogP contribution in [0, 0.1) is 0 Å². The Morgan fingerprint density at radius 2 is 2.14 bits per heavy atom. The van der Waals surface area contributed by atoms with Crippen molar-refractivity contribution < 1.29 is 4.39 Å². The first-order chi connectivity index (χ1) is 2.80. The summed E-state index contributed by atoms with van der Waals surface area (Å²) in [6.07, 6.45) is -0.579. The van der Waals surface area contributed by atoms with Gasteiger partial charge in [0, 0.05) is 12.6 Å². The standard InChI is InChI=1S/C4H8FN.ClH/c1-3-4(5)2-6-3;/h3-4,6H,2H2,1H3;1H/t3-,4-;/m0./s1. The second kappa shape index (κ2) is 2.48. The number of nitrogens with one attached hydrogen (secondary N) is 1. The first-order valence-corrected chi connectivity index (χ1v) is 2.18. The Kier molecular flexibility index (Phi) is 2.54. The predicted octanol–water partition coefficient (Wildman–Crippen LogP) is 0.738. The molecule has 1 fully saturated rings.